The Bertz CT molecular complexity index is 1790. The number of thiazole rings is 1. The lowest BCUT2D eigenvalue weighted by atomic mass is 9.85. The monoisotopic (exact) mass is 754 g/mol. The van der Waals surface area contributed by atoms with Crippen molar-refractivity contribution in [1.29, 1.82) is 0 Å². The fourth-order valence-corrected chi connectivity index (χ4v) is 7.01. The number of carboxylic acids is 2. The number of oxime groups is 2. The number of rotatable bonds is 14. The van der Waals surface area contributed by atoms with Crippen LogP contribution in [0.3, 0.4) is 0 Å². The van der Waals surface area contributed by atoms with Crippen LogP contribution in [0, 0.1) is 5.41 Å². The number of aromatic nitrogens is 3. The predicted octanol–water partition coefficient (Wildman–Crippen LogP) is -1.17. The molecule has 2 aromatic heterocycles. The molecule has 4 rings (SSSR count). The summed E-state index contributed by atoms with van der Waals surface area (Å²) in [6, 6.07) is 0. The molecule has 2 aliphatic rings. The van der Waals surface area contributed by atoms with E-state index >= 15 is 0 Å². The molecule has 0 aliphatic carbocycles. The summed E-state index contributed by atoms with van der Waals surface area (Å²) in [7, 11) is 0. The van der Waals surface area contributed by atoms with Gasteiger partial charge < -0.3 is 51.6 Å². The van der Waals surface area contributed by atoms with Crippen LogP contribution < -0.4 is 22.1 Å². The molecule has 3 atom stereocenters. The smallest absolute Gasteiger partial charge is 0.347 e. The number of hydrogen-bond donors (Lipinski definition) is 6. The van der Waals surface area contributed by atoms with Crippen molar-refractivity contribution in [2.75, 3.05) is 37.0 Å². The van der Waals surface area contributed by atoms with Gasteiger partial charge in [0, 0.05) is 29.2 Å². The third kappa shape index (κ3) is 8.08. The summed E-state index contributed by atoms with van der Waals surface area (Å²) in [5.41, 5.74) is 5.27. The van der Waals surface area contributed by atoms with E-state index in [9.17, 15) is 33.9 Å². The topological polar surface area (TPSA) is 313 Å². The van der Waals surface area contributed by atoms with Gasteiger partial charge in [0.1, 0.15) is 22.1 Å². The molecule has 3 amide bonds. The lowest BCUT2D eigenvalue weighted by molar-refractivity contribution is -0.168. The molecule has 0 bridgehead atoms. The first-order valence-electron chi connectivity index (χ1n) is 14.0. The summed E-state index contributed by atoms with van der Waals surface area (Å²) < 4.78 is 9.06. The first-order chi connectivity index (χ1) is 23.4. The Morgan fingerprint density at radius 3 is 2.26 bits per heavy atom. The van der Waals surface area contributed by atoms with Crippen LogP contribution in [0.1, 0.15) is 32.3 Å². The van der Waals surface area contributed by atoms with Crippen LogP contribution in [0.4, 0.5) is 10.3 Å². The molecule has 0 spiro atoms. The Kier molecular flexibility index (Phi) is 11.0. The fraction of sp³-hybridized carbons (Fsp3) is 0.423. The van der Waals surface area contributed by atoms with Crippen molar-refractivity contribution in [3.05, 3.63) is 29.6 Å². The number of amides is 3. The number of esters is 1. The number of carbonyl (C=O) groups excluding carboxylic acids is 4. The minimum atomic E-state index is -2.33. The van der Waals surface area contributed by atoms with E-state index < -0.39 is 88.1 Å². The normalized spacial score (nSPS) is 22.0. The maximum atomic E-state index is 14.0. The highest BCUT2D eigenvalue weighted by Gasteiger charge is 2.67. The molecule has 2 aliphatic heterocycles. The number of anilines is 2. The van der Waals surface area contributed by atoms with Gasteiger partial charge in [-0.2, -0.15) is 9.36 Å². The zero-order valence-corrected chi connectivity index (χ0v) is 28.8. The van der Waals surface area contributed by atoms with Crippen LogP contribution in [0.25, 0.3) is 0 Å². The lowest BCUT2D eigenvalue weighted by Crippen LogP contribution is -2.87. The molecule has 2 unspecified atom stereocenters. The highest BCUT2D eigenvalue weighted by atomic mass is 32.2. The second kappa shape index (κ2) is 14.6. The molecule has 2 fully saturated rings. The summed E-state index contributed by atoms with van der Waals surface area (Å²) in [6.07, 6.45) is 1.19. The van der Waals surface area contributed by atoms with E-state index in [0.717, 1.165) is 28.0 Å². The van der Waals surface area contributed by atoms with Crippen LogP contribution in [-0.4, -0.2) is 119 Å². The fourth-order valence-electron chi connectivity index (χ4n) is 4.42. The van der Waals surface area contributed by atoms with Gasteiger partial charge in [0.2, 0.25) is 30.4 Å². The van der Waals surface area contributed by atoms with Gasteiger partial charge in [0.15, 0.2) is 16.0 Å². The largest absolute Gasteiger partial charge is 0.481 e. The number of nitrogens with zero attached hydrogens (tertiary/aromatic N) is 6. The minimum absolute atomic E-state index is 0.0241. The number of β-lactam (4-membered cyclic amide) rings is 1. The highest BCUT2D eigenvalue weighted by Crippen LogP contribution is 2.46. The number of carbonyl (C=O) groups is 6. The number of nitrogens with two attached hydrogens (primary N) is 2. The zero-order chi connectivity index (χ0) is 37.0. The van der Waals surface area contributed by atoms with Crippen molar-refractivity contribution < 1.29 is 53.4 Å². The van der Waals surface area contributed by atoms with Crippen LogP contribution in [0.15, 0.2) is 28.3 Å². The molecule has 0 radical (unpaired) electrons. The molecule has 8 N–H and O–H groups in total. The van der Waals surface area contributed by atoms with Gasteiger partial charge in [-0.15, -0.1) is 29.7 Å². The van der Waals surface area contributed by atoms with E-state index in [2.05, 4.69) is 41.9 Å². The van der Waals surface area contributed by atoms with Crippen LogP contribution in [0.5, 0.6) is 0 Å². The Morgan fingerprint density at radius 1 is 1.08 bits per heavy atom. The van der Waals surface area contributed by atoms with E-state index in [0.29, 0.717) is 11.5 Å². The van der Waals surface area contributed by atoms with Gasteiger partial charge in [-0.1, -0.05) is 16.4 Å². The van der Waals surface area contributed by atoms with Gasteiger partial charge in [-0.05, 0) is 20.8 Å². The number of ether oxygens (including phenoxy) is 1. The first-order valence-corrected chi connectivity index (χ1v) is 16.7. The number of carboxylic acid groups (broad SMARTS) is 2. The van der Waals surface area contributed by atoms with Crippen LogP contribution in [-0.2, 0) is 43.2 Å². The van der Waals surface area contributed by atoms with E-state index in [-0.39, 0.29) is 28.3 Å². The number of hydrogen-bond acceptors (Lipinski definition) is 19. The minimum Gasteiger partial charge on any atom is -0.481 e. The molecule has 4 heterocycles. The Labute approximate surface area is 294 Å². The molecule has 21 nitrogen and oxygen atoms in total. The van der Waals surface area contributed by atoms with Gasteiger partial charge >= 0.3 is 17.9 Å². The highest BCUT2D eigenvalue weighted by molar-refractivity contribution is 8.00. The molecular formula is C26H30N10O11S3. The molecular weight excluding hydrogens is 725 g/mol. The van der Waals surface area contributed by atoms with Crippen molar-refractivity contribution in [2.24, 2.45) is 15.7 Å². The molecule has 2 saturated heterocycles. The summed E-state index contributed by atoms with van der Waals surface area (Å²) in [5, 5.41) is 31.1. The zero-order valence-electron chi connectivity index (χ0n) is 26.4. The lowest BCUT2D eigenvalue weighted by Gasteiger charge is -2.59. The Hall–Kier alpha value is -5.36. The molecule has 24 heteroatoms. The number of aliphatic carboxylic acids is 2. The number of nitrogens with one attached hydrogen (secondary N) is 2. The third-order valence-electron chi connectivity index (χ3n) is 6.59. The number of thioether (sulfide) groups is 1. The van der Waals surface area contributed by atoms with Crippen molar-refractivity contribution in [3.8, 4) is 0 Å². The van der Waals surface area contributed by atoms with E-state index in [1.807, 2.05) is 0 Å². The number of nitrogen functional groups attached to an aromatic ring is 2. The second-order valence-corrected chi connectivity index (χ2v) is 14.2. The van der Waals surface area contributed by atoms with Crippen molar-refractivity contribution in [3.63, 3.8) is 0 Å². The van der Waals surface area contributed by atoms with E-state index in [1.54, 1.807) is 20.8 Å². The van der Waals surface area contributed by atoms with Crippen molar-refractivity contribution in [1.82, 2.24) is 29.9 Å². The van der Waals surface area contributed by atoms with E-state index in [4.69, 9.17) is 31.0 Å². The van der Waals surface area contributed by atoms with Gasteiger partial charge in [-0.3, -0.25) is 19.2 Å². The van der Waals surface area contributed by atoms with E-state index in [1.165, 1.54) is 11.5 Å². The van der Waals surface area contributed by atoms with Crippen molar-refractivity contribution >= 4 is 91.9 Å². The number of fused-ring (bicyclic) bond motifs is 1. The van der Waals surface area contributed by atoms with Crippen molar-refractivity contribution in [2.45, 2.75) is 37.4 Å². The summed E-state index contributed by atoms with van der Waals surface area (Å²) in [6.45, 7) is 6.42. The average Bonchev–Trinajstić information content (AvgIpc) is 3.66. The first kappa shape index (κ1) is 37.5. The molecule has 0 saturated carbocycles. The van der Waals surface area contributed by atoms with Gasteiger partial charge in [0.25, 0.3) is 17.7 Å². The SMILES string of the molecule is C=CC1(C(=O)O)CS[C@H]2N(C1)C(=O)C2(NC(=O)C(=NOCC(=O)OC(C)(C)C)c1csc(N)n1)NC(=O)C(=NOCC(=O)O)c1nsc(N)n1. The summed E-state index contributed by atoms with van der Waals surface area (Å²) >= 11 is 2.50. The maximum Gasteiger partial charge on any atom is 0.347 e. The molecule has 268 valence electrons. The third-order valence-corrected chi connectivity index (χ3v) is 9.41. The maximum absolute atomic E-state index is 14.0. The predicted molar refractivity (Wildman–Crippen MR) is 177 cm³/mol. The van der Waals surface area contributed by atoms with Gasteiger partial charge in [-0.25, -0.2) is 14.6 Å². The molecule has 0 aromatic carbocycles. The molecule has 2 aromatic rings. The average molecular weight is 755 g/mol. The quantitative estimate of drug-likeness (QED) is 0.0330. The van der Waals surface area contributed by atoms with Crippen LogP contribution in [0.2, 0.25) is 0 Å². The Balaban J connectivity index is 1.72. The second-order valence-electron chi connectivity index (χ2n) is 11.4. The van der Waals surface area contributed by atoms with Crippen LogP contribution >= 0.6 is 34.6 Å². The molecule has 50 heavy (non-hydrogen) atoms. The standard InChI is InChI=1S/C26H30N10O11S3/c1-5-25(21(43)44)9-36-19(42)26(20(36)49-10-25,32-18(41)15(34-45-6-12(37)38)16-30-23(28)50-35-16)31-17(40)14(11-8-48-22(27)29-11)33-46-7-13(39)47-24(2,3)4/h5,8,20H,1,6-7,9-10H2,2-4H3,(H2,27,29)(H,31,40)(H,32,41)(H,37,38)(H,43,44)(H2,28,30,35)/t20-,25?,26?/m1/s1. The Morgan fingerprint density at radius 2 is 1.72 bits per heavy atom. The summed E-state index contributed by atoms with van der Waals surface area (Å²) in [5.74, 6) is -7.38. The summed E-state index contributed by atoms with van der Waals surface area (Å²) in [4.78, 5) is 95.9. The van der Waals surface area contributed by atoms with Gasteiger partial charge in [0.05, 0.1) is 0 Å².